The number of rotatable bonds is 8. The van der Waals surface area contributed by atoms with Crippen LogP contribution < -0.4 is 0 Å². The normalized spacial score (nSPS) is 20.2. The van der Waals surface area contributed by atoms with Crippen LogP contribution in [0.1, 0.15) is 39.5 Å². The first-order valence-electron chi connectivity index (χ1n) is 8.50. The van der Waals surface area contributed by atoms with Gasteiger partial charge in [0.1, 0.15) is 6.61 Å². The topological polar surface area (TPSA) is 83.9 Å². The average Bonchev–Trinajstić information content (AvgIpc) is 2.89. The molecule has 162 valence electrons. The first-order chi connectivity index (χ1) is 12.6. The maximum absolute atomic E-state index is 12.8. The van der Waals surface area contributed by atoms with Gasteiger partial charge in [0.2, 0.25) is 5.91 Å². The van der Waals surface area contributed by atoms with E-state index >= 15 is 0 Å². The van der Waals surface area contributed by atoms with Crippen LogP contribution in [-0.4, -0.2) is 53.0 Å². The maximum Gasteiger partial charge on any atom is 0.416 e. The fourth-order valence-electron chi connectivity index (χ4n) is 2.99. The molecule has 1 rings (SSSR count). The number of carbonyl (C=O) groups excluding carboxylic acids is 2. The largest absolute Gasteiger partial charge is 0.481 e. The quantitative estimate of drug-likeness (QED) is 0.599. The fourth-order valence-corrected chi connectivity index (χ4v) is 2.99. The van der Waals surface area contributed by atoms with Crippen LogP contribution in [0.5, 0.6) is 0 Å². The second kappa shape index (κ2) is 8.99. The summed E-state index contributed by atoms with van der Waals surface area (Å²) in [4.78, 5) is 36.7. The summed E-state index contributed by atoms with van der Waals surface area (Å²) in [6.45, 7) is 2.99. The van der Waals surface area contributed by atoms with Gasteiger partial charge in [0.25, 0.3) is 0 Å². The van der Waals surface area contributed by atoms with Crippen molar-refractivity contribution in [1.82, 2.24) is 4.90 Å². The van der Waals surface area contributed by atoms with E-state index in [-0.39, 0.29) is 12.5 Å². The second-order valence-electron chi connectivity index (χ2n) is 6.96. The van der Waals surface area contributed by atoms with Crippen molar-refractivity contribution in [3.63, 3.8) is 0 Å². The zero-order valence-corrected chi connectivity index (χ0v) is 15.1. The van der Waals surface area contributed by atoms with E-state index in [1.54, 1.807) is 13.8 Å². The van der Waals surface area contributed by atoms with E-state index in [4.69, 9.17) is 4.74 Å². The van der Waals surface area contributed by atoms with E-state index in [1.165, 1.54) is 0 Å². The van der Waals surface area contributed by atoms with Crippen molar-refractivity contribution >= 4 is 18.0 Å². The standard InChI is InChI=1S/C16H21F6NO5/c1-8(2)11-7-28-14(27)23(11)12(24)9(3-5-15(17,18)19)10(13(25)26)4-6-16(20,21)22/h8-11H,3-7H2,1-2H3,(H,25,26)/t9-,10+,11-/m1/s1. The Bertz CT molecular complexity index is 589. The number of imide groups is 1. The van der Waals surface area contributed by atoms with Crippen LogP contribution in [0.25, 0.3) is 0 Å². The van der Waals surface area contributed by atoms with Crippen molar-refractivity contribution < 1.29 is 50.6 Å². The summed E-state index contributed by atoms with van der Waals surface area (Å²) < 4.78 is 80.2. The van der Waals surface area contributed by atoms with Crippen LogP contribution in [0.2, 0.25) is 0 Å². The molecular formula is C16H21F6NO5. The molecule has 0 aromatic heterocycles. The van der Waals surface area contributed by atoms with Gasteiger partial charge in [-0.15, -0.1) is 0 Å². The lowest BCUT2D eigenvalue weighted by molar-refractivity contribution is -0.161. The van der Waals surface area contributed by atoms with E-state index in [2.05, 4.69) is 0 Å². The van der Waals surface area contributed by atoms with E-state index in [9.17, 15) is 45.8 Å². The third-order valence-corrected chi connectivity index (χ3v) is 4.51. The van der Waals surface area contributed by atoms with Gasteiger partial charge in [0.05, 0.1) is 17.9 Å². The summed E-state index contributed by atoms with van der Waals surface area (Å²) in [6, 6.07) is -0.842. The van der Waals surface area contributed by atoms with Gasteiger partial charge >= 0.3 is 24.4 Å². The second-order valence-corrected chi connectivity index (χ2v) is 6.96. The molecule has 0 bridgehead atoms. The van der Waals surface area contributed by atoms with Gasteiger partial charge in [-0.2, -0.15) is 26.3 Å². The highest BCUT2D eigenvalue weighted by molar-refractivity contribution is 5.96. The highest BCUT2D eigenvalue weighted by Gasteiger charge is 2.47. The lowest BCUT2D eigenvalue weighted by atomic mass is 9.83. The number of hydrogen-bond acceptors (Lipinski definition) is 4. The number of alkyl halides is 6. The molecule has 28 heavy (non-hydrogen) atoms. The third kappa shape index (κ3) is 6.86. The van der Waals surface area contributed by atoms with Crippen molar-refractivity contribution in [2.45, 2.75) is 57.9 Å². The van der Waals surface area contributed by atoms with Crippen LogP contribution in [0.4, 0.5) is 31.1 Å². The van der Waals surface area contributed by atoms with Gasteiger partial charge in [-0.05, 0) is 18.8 Å². The molecule has 3 atom stereocenters. The number of carboxylic acid groups (broad SMARTS) is 1. The number of carbonyl (C=O) groups is 3. The molecule has 6 nitrogen and oxygen atoms in total. The molecule has 1 N–H and O–H groups in total. The Kier molecular flexibility index (Phi) is 7.72. The van der Waals surface area contributed by atoms with Gasteiger partial charge in [-0.25, -0.2) is 9.69 Å². The lowest BCUT2D eigenvalue weighted by Gasteiger charge is -2.30. The molecule has 0 aromatic carbocycles. The first-order valence-corrected chi connectivity index (χ1v) is 8.50. The van der Waals surface area contributed by atoms with E-state index in [1.807, 2.05) is 0 Å². The summed E-state index contributed by atoms with van der Waals surface area (Å²) >= 11 is 0. The number of halogens is 6. The van der Waals surface area contributed by atoms with Crippen LogP contribution >= 0.6 is 0 Å². The van der Waals surface area contributed by atoms with Crippen molar-refractivity contribution in [1.29, 1.82) is 0 Å². The summed E-state index contributed by atoms with van der Waals surface area (Å²) in [6.07, 6.45) is -16.0. The molecule has 1 saturated heterocycles. The van der Waals surface area contributed by atoms with Gasteiger partial charge in [0, 0.05) is 12.8 Å². The lowest BCUT2D eigenvalue weighted by Crippen LogP contribution is -2.47. The molecule has 2 amide bonds. The highest BCUT2D eigenvalue weighted by Crippen LogP contribution is 2.35. The van der Waals surface area contributed by atoms with Crippen LogP contribution in [0.3, 0.4) is 0 Å². The predicted octanol–water partition coefficient (Wildman–Crippen LogP) is 3.99. The number of cyclic esters (lactones) is 1. The van der Waals surface area contributed by atoms with E-state index < -0.39 is 73.9 Å². The van der Waals surface area contributed by atoms with Crippen molar-refractivity contribution in [2.24, 2.45) is 17.8 Å². The van der Waals surface area contributed by atoms with Gasteiger partial charge < -0.3 is 9.84 Å². The monoisotopic (exact) mass is 421 g/mol. The molecule has 0 spiro atoms. The predicted molar refractivity (Wildman–Crippen MR) is 82.0 cm³/mol. The number of hydrogen-bond donors (Lipinski definition) is 1. The molecule has 0 aliphatic carbocycles. The minimum atomic E-state index is -4.76. The van der Waals surface area contributed by atoms with Crippen LogP contribution in [-0.2, 0) is 14.3 Å². The Morgan fingerprint density at radius 1 is 1.07 bits per heavy atom. The SMILES string of the molecule is CC(C)[C@H]1COC(=O)N1C(=O)[C@H](CCC(F)(F)F)[C@H](CCC(F)(F)F)C(=O)O. The average molecular weight is 421 g/mol. The summed E-state index contributed by atoms with van der Waals surface area (Å²) in [5.74, 6) is -7.43. The molecule has 1 aliphatic rings. The highest BCUT2D eigenvalue weighted by atomic mass is 19.4. The van der Waals surface area contributed by atoms with E-state index in [0.717, 1.165) is 0 Å². The van der Waals surface area contributed by atoms with Crippen molar-refractivity contribution in [3.05, 3.63) is 0 Å². The minimum Gasteiger partial charge on any atom is -0.481 e. The zero-order chi connectivity index (χ0) is 21.9. The Labute approximate surface area is 156 Å². The molecule has 1 heterocycles. The molecule has 1 aliphatic heterocycles. The van der Waals surface area contributed by atoms with Crippen molar-refractivity contribution in [3.8, 4) is 0 Å². The number of aliphatic carboxylic acids is 1. The number of nitrogens with zero attached hydrogens (tertiary/aromatic N) is 1. The smallest absolute Gasteiger partial charge is 0.416 e. The Morgan fingerprint density at radius 3 is 1.93 bits per heavy atom. The Hall–Kier alpha value is -2.01. The zero-order valence-electron chi connectivity index (χ0n) is 15.1. The first kappa shape index (κ1) is 24.0. The molecule has 12 heteroatoms. The summed E-state index contributed by atoms with van der Waals surface area (Å²) in [5, 5.41) is 9.27. The van der Waals surface area contributed by atoms with Crippen LogP contribution in [0, 0.1) is 17.8 Å². The van der Waals surface area contributed by atoms with Crippen molar-refractivity contribution in [2.75, 3.05) is 6.61 Å². The number of ether oxygens (including phenoxy) is 1. The molecule has 1 fully saturated rings. The molecule has 0 aromatic rings. The Balaban J connectivity index is 3.19. The molecule has 0 radical (unpaired) electrons. The van der Waals surface area contributed by atoms with Gasteiger partial charge in [0.15, 0.2) is 0 Å². The summed E-state index contributed by atoms with van der Waals surface area (Å²) in [5.41, 5.74) is 0. The third-order valence-electron chi connectivity index (χ3n) is 4.51. The van der Waals surface area contributed by atoms with Gasteiger partial charge in [-0.3, -0.25) is 9.59 Å². The summed E-state index contributed by atoms with van der Waals surface area (Å²) in [7, 11) is 0. The number of carboxylic acids is 1. The Morgan fingerprint density at radius 2 is 1.54 bits per heavy atom. The number of amides is 2. The van der Waals surface area contributed by atoms with Crippen LogP contribution in [0.15, 0.2) is 0 Å². The molecular weight excluding hydrogens is 400 g/mol. The minimum absolute atomic E-state index is 0.228. The molecule has 0 unspecified atom stereocenters. The van der Waals surface area contributed by atoms with Gasteiger partial charge in [-0.1, -0.05) is 13.8 Å². The maximum atomic E-state index is 12.8. The fraction of sp³-hybridized carbons (Fsp3) is 0.812. The molecule has 0 saturated carbocycles. The van der Waals surface area contributed by atoms with E-state index in [0.29, 0.717) is 4.90 Å².